The van der Waals surface area contributed by atoms with Gasteiger partial charge in [0.15, 0.2) is 5.82 Å². The van der Waals surface area contributed by atoms with Gasteiger partial charge in [0.1, 0.15) is 5.65 Å². The summed E-state index contributed by atoms with van der Waals surface area (Å²) in [4.78, 5) is 10.7. The molecule has 0 atom stereocenters. The van der Waals surface area contributed by atoms with Crippen molar-refractivity contribution in [3.8, 4) is 67.4 Å². The third-order valence-electron chi connectivity index (χ3n) is 12.1. The smallest absolute Gasteiger partial charge is 0.162 e. The van der Waals surface area contributed by atoms with E-state index in [4.69, 9.17) is 9.97 Å². The molecule has 0 N–H and O–H groups in total. The van der Waals surface area contributed by atoms with Gasteiger partial charge in [-0.2, -0.15) is 0 Å². The Bertz CT molecular complexity index is 3610. The second-order valence-electron chi connectivity index (χ2n) is 15.8. The van der Waals surface area contributed by atoms with Crippen LogP contribution in [0.2, 0.25) is 0 Å². The van der Waals surface area contributed by atoms with Gasteiger partial charge in [0, 0.05) is 38.7 Å². The van der Waals surface area contributed by atoms with Gasteiger partial charge in [-0.3, -0.25) is 4.57 Å². The molecule has 0 radical (unpaired) electrons. The van der Waals surface area contributed by atoms with E-state index in [-0.39, 0.29) is 0 Å². The third-order valence-corrected chi connectivity index (χ3v) is 12.1. The highest BCUT2D eigenvalue weighted by molar-refractivity contribution is 6.17. The third kappa shape index (κ3) is 5.92. The zero-order valence-electron chi connectivity index (χ0n) is 33.7. The highest BCUT2D eigenvalue weighted by Crippen LogP contribution is 2.42. The van der Waals surface area contributed by atoms with Crippen molar-refractivity contribution in [1.29, 1.82) is 0 Å². The summed E-state index contributed by atoms with van der Waals surface area (Å²) in [7, 11) is 0. The molecule has 0 aliphatic rings. The predicted octanol–water partition coefficient (Wildman–Crippen LogP) is 15.0. The maximum Gasteiger partial charge on any atom is 0.162 e. The average Bonchev–Trinajstić information content (AvgIpc) is 3.87. The largest absolute Gasteiger partial charge is 0.309 e. The van der Waals surface area contributed by atoms with Gasteiger partial charge in [0.05, 0.1) is 27.6 Å². The van der Waals surface area contributed by atoms with E-state index < -0.39 is 0 Å². The van der Waals surface area contributed by atoms with Crippen molar-refractivity contribution in [3.05, 3.63) is 231 Å². The fourth-order valence-electron chi connectivity index (χ4n) is 9.31. The molecule has 0 unspecified atom stereocenters. The number of fused-ring (bicyclic) bond motifs is 6. The Labute approximate surface area is 359 Å². The lowest BCUT2D eigenvalue weighted by atomic mass is 9.94. The van der Waals surface area contributed by atoms with Gasteiger partial charge in [-0.1, -0.05) is 170 Å². The van der Waals surface area contributed by atoms with E-state index in [0.717, 1.165) is 66.8 Å². The molecule has 0 spiro atoms. The van der Waals surface area contributed by atoms with Crippen LogP contribution in [0.4, 0.5) is 0 Å². The molecule has 4 nitrogen and oxygen atoms in total. The van der Waals surface area contributed by atoms with Crippen LogP contribution in [0, 0.1) is 0 Å². The van der Waals surface area contributed by atoms with Crippen molar-refractivity contribution in [2.24, 2.45) is 0 Å². The molecule has 0 fully saturated rings. The molecule has 0 aliphatic heterocycles. The predicted molar refractivity (Wildman–Crippen MR) is 258 cm³/mol. The second kappa shape index (κ2) is 14.7. The lowest BCUT2D eigenvalue weighted by Crippen LogP contribution is -1.99. The summed E-state index contributed by atoms with van der Waals surface area (Å²) in [6, 6.07) is 82.2. The van der Waals surface area contributed by atoms with Crippen molar-refractivity contribution >= 4 is 43.7 Å². The Morgan fingerprint density at radius 1 is 0.290 bits per heavy atom. The Balaban J connectivity index is 1.04. The lowest BCUT2D eigenvalue weighted by Gasteiger charge is -2.12. The van der Waals surface area contributed by atoms with Gasteiger partial charge in [-0.05, 0) is 94.0 Å². The molecule has 12 rings (SSSR count). The van der Waals surface area contributed by atoms with Crippen LogP contribution in [0.3, 0.4) is 0 Å². The van der Waals surface area contributed by atoms with Gasteiger partial charge in [-0.25, -0.2) is 9.97 Å². The van der Waals surface area contributed by atoms with Crippen LogP contribution in [0.1, 0.15) is 0 Å². The number of benzene rings is 9. The number of rotatable bonds is 7. The fraction of sp³-hybridized carbons (Fsp3) is 0. The number of hydrogen-bond acceptors (Lipinski definition) is 2. The minimum absolute atomic E-state index is 0.693. The van der Waals surface area contributed by atoms with Crippen molar-refractivity contribution in [2.75, 3.05) is 0 Å². The quantitative estimate of drug-likeness (QED) is 0.161. The van der Waals surface area contributed by atoms with E-state index in [9.17, 15) is 0 Å². The molecule has 0 saturated carbocycles. The molecule has 290 valence electrons. The first kappa shape index (κ1) is 35.6. The van der Waals surface area contributed by atoms with Crippen molar-refractivity contribution < 1.29 is 0 Å². The Morgan fingerprint density at radius 3 is 1.53 bits per heavy atom. The van der Waals surface area contributed by atoms with Crippen LogP contribution >= 0.6 is 0 Å². The van der Waals surface area contributed by atoms with E-state index in [1.165, 1.54) is 38.5 Å². The summed E-state index contributed by atoms with van der Waals surface area (Å²) in [5, 5.41) is 4.62. The number of nitrogens with zero attached hydrogens (tertiary/aromatic N) is 4. The molecule has 9 aromatic carbocycles. The molecular weight excluding hydrogens is 753 g/mol. The maximum atomic E-state index is 5.39. The summed E-state index contributed by atoms with van der Waals surface area (Å²) in [5.74, 6) is 0.693. The normalized spacial score (nSPS) is 11.5. The summed E-state index contributed by atoms with van der Waals surface area (Å²) < 4.78 is 4.67. The molecule has 0 aliphatic carbocycles. The number of para-hydroxylation sites is 3. The zero-order valence-corrected chi connectivity index (χ0v) is 33.7. The first-order valence-electron chi connectivity index (χ1n) is 21.1. The number of hydrogen-bond donors (Lipinski definition) is 0. The van der Waals surface area contributed by atoms with E-state index >= 15 is 0 Å². The summed E-state index contributed by atoms with van der Waals surface area (Å²) >= 11 is 0. The van der Waals surface area contributed by atoms with Gasteiger partial charge in [0.25, 0.3) is 0 Å². The first-order valence-corrected chi connectivity index (χ1v) is 21.1. The van der Waals surface area contributed by atoms with Crippen LogP contribution in [-0.4, -0.2) is 19.1 Å². The summed E-state index contributed by atoms with van der Waals surface area (Å²) in [6.45, 7) is 0. The standard InChI is InChI=1S/C58H38N4/c1-5-18-39(19-6-1)43-34-35-52-50(38-43)54-48(31-17-33-53(54)61(52)46-26-9-3-10-27-46)44-24-15-22-41(36-44)42-23-16-25-45(37-42)56-55-49-30-13-14-32-51(49)62(47-28-11-4-12-29-47)58(55)60-57(59-56)40-20-7-2-8-21-40/h1-38H. The van der Waals surface area contributed by atoms with Gasteiger partial charge >= 0.3 is 0 Å². The molecule has 0 bridgehead atoms. The van der Waals surface area contributed by atoms with Crippen LogP contribution in [0.25, 0.3) is 111 Å². The highest BCUT2D eigenvalue weighted by atomic mass is 15.1. The van der Waals surface area contributed by atoms with E-state index in [0.29, 0.717) is 5.82 Å². The highest BCUT2D eigenvalue weighted by Gasteiger charge is 2.22. The summed E-state index contributed by atoms with van der Waals surface area (Å²) in [6.07, 6.45) is 0. The molecular formula is C58H38N4. The van der Waals surface area contributed by atoms with Crippen LogP contribution < -0.4 is 0 Å². The van der Waals surface area contributed by atoms with E-state index in [1.807, 2.05) is 18.2 Å². The molecule has 4 heteroatoms. The summed E-state index contributed by atoms with van der Waals surface area (Å²) in [5.41, 5.74) is 16.5. The fourth-order valence-corrected chi connectivity index (χ4v) is 9.31. The SMILES string of the molecule is c1ccc(-c2ccc3c(c2)c2c(-c4cccc(-c5cccc(-c6nc(-c7ccccc7)nc7c6c6ccccc6n7-c6ccccc6)c5)c4)cccc2n3-c2ccccc2)cc1. The minimum atomic E-state index is 0.693. The lowest BCUT2D eigenvalue weighted by molar-refractivity contribution is 1.11. The molecule has 0 amide bonds. The molecule has 3 heterocycles. The molecule has 0 saturated heterocycles. The van der Waals surface area contributed by atoms with E-state index in [1.54, 1.807) is 0 Å². The first-order chi connectivity index (χ1) is 30.8. The Hall–Kier alpha value is -8.34. The maximum absolute atomic E-state index is 5.39. The zero-order chi connectivity index (χ0) is 41.0. The molecule has 12 aromatic rings. The Kier molecular flexibility index (Phi) is 8.46. The van der Waals surface area contributed by atoms with Gasteiger partial charge in [-0.15, -0.1) is 0 Å². The van der Waals surface area contributed by atoms with Crippen molar-refractivity contribution in [3.63, 3.8) is 0 Å². The van der Waals surface area contributed by atoms with Gasteiger partial charge in [0.2, 0.25) is 0 Å². The molecule has 62 heavy (non-hydrogen) atoms. The van der Waals surface area contributed by atoms with Crippen molar-refractivity contribution in [2.45, 2.75) is 0 Å². The van der Waals surface area contributed by atoms with Gasteiger partial charge < -0.3 is 4.57 Å². The van der Waals surface area contributed by atoms with Crippen LogP contribution in [0.15, 0.2) is 231 Å². The molecule has 3 aromatic heterocycles. The van der Waals surface area contributed by atoms with Crippen LogP contribution in [0.5, 0.6) is 0 Å². The second-order valence-corrected chi connectivity index (χ2v) is 15.8. The topological polar surface area (TPSA) is 35.6 Å². The minimum Gasteiger partial charge on any atom is -0.309 e. The van der Waals surface area contributed by atoms with Crippen LogP contribution in [-0.2, 0) is 0 Å². The Morgan fingerprint density at radius 2 is 0.806 bits per heavy atom. The number of aromatic nitrogens is 4. The van der Waals surface area contributed by atoms with E-state index in [2.05, 4.69) is 221 Å². The average molecular weight is 791 g/mol. The van der Waals surface area contributed by atoms with Crippen molar-refractivity contribution in [1.82, 2.24) is 19.1 Å². The monoisotopic (exact) mass is 790 g/mol.